The summed E-state index contributed by atoms with van der Waals surface area (Å²) < 4.78 is 1.67. The van der Waals surface area contributed by atoms with Gasteiger partial charge in [0.05, 0.1) is 5.52 Å². The number of likely N-dealkylation sites (tertiary alicyclic amines) is 1. The highest BCUT2D eigenvalue weighted by atomic mass is 16.2. The van der Waals surface area contributed by atoms with E-state index in [9.17, 15) is 9.59 Å². The maximum Gasteiger partial charge on any atom is 0.292 e. The first-order chi connectivity index (χ1) is 13.5. The molecule has 1 N–H and O–H groups in total. The summed E-state index contributed by atoms with van der Waals surface area (Å²) in [5.41, 5.74) is 2.70. The lowest BCUT2D eigenvalue weighted by atomic mass is 10.2. The van der Waals surface area contributed by atoms with Crippen LogP contribution in [0.5, 0.6) is 0 Å². The quantitative estimate of drug-likeness (QED) is 0.759. The lowest BCUT2D eigenvalue weighted by molar-refractivity contribution is 0.0789. The lowest BCUT2D eigenvalue weighted by Gasteiger charge is -2.13. The van der Waals surface area contributed by atoms with E-state index in [2.05, 4.69) is 10.3 Å². The predicted molar refractivity (Wildman–Crippen MR) is 109 cm³/mol. The molecule has 4 rings (SSSR count). The molecule has 144 valence electrons. The number of nitrogens with zero attached hydrogens (tertiary/aromatic N) is 4. The van der Waals surface area contributed by atoms with Crippen molar-refractivity contribution in [1.82, 2.24) is 14.3 Å². The molecule has 1 fully saturated rings. The number of carbonyl (C=O) groups excluding carboxylic acids is 2. The van der Waals surface area contributed by atoms with Crippen LogP contribution in [0.4, 0.5) is 11.4 Å². The Morgan fingerprint density at radius 3 is 2.43 bits per heavy atom. The highest BCUT2D eigenvalue weighted by molar-refractivity contribution is 6.06. The van der Waals surface area contributed by atoms with E-state index in [1.807, 2.05) is 61.5 Å². The summed E-state index contributed by atoms with van der Waals surface area (Å²) in [7, 11) is 3.92. The molecule has 1 aromatic carbocycles. The van der Waals surface area contributed by atoms with Crippen LogP contribution in [-0.2, 0) is 0 Å². The van der Waals surface area contributed by atoms with Crippen LogP contribution in [0, 0.1) is 0 Å². The number of nitrogens with one attached hydrogen (secondary N) is 1. The Hall–Kier alpha value is -3.35. The summed E-state index contributed by atoms with van der Waals surface area (Å²) in [6, 6.07) is 13.0. The van der Waals surface area contributed by atoms with E-state index in [1.165, 1.54) is 0 Å². The topological polar surface area (TPSA) is 70.0 Å². The van der Waals surface area contributed by atoms with Crippen LogP contribution in [0.2, 0.25) is 0 Å². The van der Waals surface area contributed by atoms with Gasteiger partial charge in [0.25, 0.3) is 11.8 Å². The highest BCUT2D eigenvalue weighted by Gasteiger charge is 2.26. The van der Waals surface area contributed by atoms with Crippen molar-refractivity contribution < 1.29 is 9.59 Å². The van der Waals surface area contributed by atoms with Gasteiger partial charge in [-0.3, -0.25) is 14.0 Å². The van der Waals surface area contributed by atoms with Gasteiger partial charge in [-0.2, -0.15) is 0 Å². The van der Waals surface area contributed by atoms with E-state index in [4.69, 9.17) is 0 Å². The van der Waals surface area contributed by atoms with Crippen molar-refractivity contribution in [1.29, 1.82) is 0 Å². The lowest BCUT2D eigenvalue weighted by Crippen LogP contribution is -2.28. The van der Waals surface area contributed by atoms with Gasteiger partial charge < -0.3 is 15.1 Å². The summed E-state index contributed by atoms with van der Waals surface area (Å²) in [5.74, 6) is -0.260. The molecule has 1 saturated heterocycles. The van der Waals surface area contributed by atoms with Gasteiger partial charge in [0.2, 0.25) is 5.82 Å². The molecule has 0 unspecified atom stereocenters. The number of hydrogen-bond acceptors (Lipinski definition) is 4. The largest absolute Gasteiger partial charge is 0.378 e. The monoisotopic (exact) mass is 377 g/mol. The number of imidazole rings is 1. The van der Waals surface area contributed by atoms with Gasteiger partial charge in [0, 0.05) is 44.8 Å². The van der Waals surface area contributed by atoms with Crippen LogP contribution in [0.3, 0.4) is 0 Å². The van der Waals surface area contributed by atoms with Gasteiger partial charge in [0.15, 0.2) is 5.69 Å². The van der Waals surface area contributed by atoms with Crippen molar-refractivity contribution in [3.63, 3.8) is 0 Å². The molecule has 0 radical (unpaired) electrons. The molecule has 0 saturated carbocycles. The van der Waals surface area contributed by atoms with Crippen LogP contribution in [0.15, 0.2) is 48.7 Å². The van der Waals surface area contributed by atoms with Crippen LogP contribution < -0.4 is 10.2 Å². The predicted octanol–water partition coefficient (Wildman–Crippen LogP) is 2.89. The smallest absolute Gasteiger partial charge is 0.292 e. The molecule has 7 heteroatoms. The summed E-state index contributed by atoms with van der Waals surface area (Å²) in [4.78, 5) is 34.0. The summed E-state index contributed by atoms with van der Waals surface area (Å²) >= 11 is 0. The number of pyridine rings is 1. The molecule has 1 aliphatic rings. The molecule has 0 spiro atoms. The number of rotatable bonds is 4. The zero-order valence-electron chi connectivity index (χ0n) is 16.1. The maximum absolute atomic E-state index is 12.9. The van der Waals surface area contributed by atoms with Crippen molar-refractivity contribution in [3.05, 3.63) is 60.2 Å². The molecule has 0 aliphatic carbocycles. The zero-order chi connectivity index (χ0) is 19.7. The molecule has 1 aliphatic heterocycles. The van der Waals surface area contributed by atoms with Crippen molar-refractivity contribution in [2.45, 2.75) is 12.8 Å². The third-order valence-electron chi connectivity index (χ3n) is 4.99. The first kappa shape index (κ1) is 18.0. The SMILES string of the molecule is CN(C)c1ccc(NC(=O)c2nc(C(=O)N3CCCC3)c3ccccn23)cc1. The Bertz CT molecular complexity index is 1020. The third-order valence-corrected chi connectivity index (χ3v) is 4.99. The fourth-order valence-corrected chi connectivity index (χ4v) is 3.46. The summed E-state index contributed by atoms with van der Waals surface area (Å²) in [5, 5.41) is 2.87. The second-order valence-electron chi connectivity index (χ2n) is 7.13. The number of aromatic nitrogens is 2. The normalized spacial score (nSPS) is 13.7. The molecule has 0 bridgehead atoms. The van der Waals surface area contributed by atoms with E-state index < -0.39 is 0 Å². The zero-order valence-corrected chi connectivity index (χ0v) is 16.1. The van der Waals surface area contributed by atoms with E-state index >= 15 is 0 Å². The number of amides is 2. The van der Waals surface area contributed by atoms with Crippen molar-refractivity contribution in [2.24, 2.45) is 0 Å². The van der Waals surface area contributed by atoms with E-state index in [-0.39, 0.29) is 17.6 Å². The number of anilines is 2. The number of benzene rings is 1. The van der Waals surface area contributed by atoms with E-state index in [0.29, 0.717) is 16.9 Å². The summed E-state index contributed by atoms with van der Waals surface area (Å²) in [6.07, 6.45) is 3.77. The number of fused-ring (bicyclic) bond motifs is 1. The molecule has 2 amide bonds. The summed E-state index contributed by atoms with van der Waals surface area (Å²) in [6.45, 7) is 1.48. The third kappa shape index (κ3) is 3.31. The van der Waals surface area contributed by atoms with Gasteiger partial charge in [-0.15, -0.1) is 0 Å². The maximum atomic E-state index is 12.9. The second kappa shape index (κ2) is 7.34. The highest BCUT2D eigenvalue weighted by Crippen LogP contribution is 2.20. The van der Waals surface area contributed by atoms with Gasteiger partial charge >= 0.3 is 0 Å². The van der Waals surface area contributed by atoms with Crippen molar-refractivity contribution in [3.8, 4) is 0 Å². The molecule has 28 heavy (non-hydrogen) atoms. The minimum absolute atomic E-state index is 0.115. The van der Waals surface area contributed by atoms with Gasteiger partial charge in [-0.1, -0.05) is 6.07 Å². The van der Waals surface area contributed by atoms with E-state index in [0.717, 1.165) is 31.6 Å². The average Bonchev–Trinajstić information content (AvgIpc) is 3.36. The Labute approximate surface area is 163 Å². The first-order valence-corrected chi connectivity index (χ1v) is 9.40. The van der Waals surface area contributed by atoms with Crippen LogP contribution in [0.1, 0.15) is 33.9 Å². The number of hydrogen-bond donors (Lipinski definition) is 1. The molecule has 0 atom stereocenters. The number of carbonyl (C=O) groups is 2. The minimum atomic E-state index is -0.348. The Morgan fingerprint density at radius 2 is 1.75 bits per heavy atom. The van der Waals surface area contributed by atoms with Crippen LogP contribution in [0.25, 0.3) is 5.52 Å². The Morgan fingerprint density at radius 1 is 1.04 bits per heavy atom. The van der Waals surface area contributed by atoms with Gasteiger partial charge in [-0.05, 0) is 49.2 Å². The molecule has 3 aromatic rings. The fraction of sp³-hybridized carbons (Fsp3) is 0.286. The standard InChI is InChI=1S/C21H23N5O2/c1-24(2)16-10-8-15(9-11-16)22-20(27)19-23-18(17-7-3-4-14-26(17)19)21(28)25-12-5-6-13-25/h3-4,7-11,14H,5-6,12-13H2,1-2H3,(H,22,27). The second-order valence-corrected chi connectivity index (χ2v) is 7.13. The van der Waals surface area contributed by atoms with Crippen LogP contribution >= 0.6 is 0 Å². The molecular weight excluding hydrogens is 354 g/mol. The van der Waals surface area contributed by atoms with Crippen molar-refractivity contribution >= 4 is 28.7 Å². The van der Waals surface area contributed by atoms with Gasteiger partial charge in [-0.25, -0.2) is 4.98 Å². The van der Waals surface area contributed by atoms with Crippen molar-refractivity contribution in [2.75, 3.05) is 37.4 Å². The Kier molecular flexibility index (Phi) is 4.73. The fourth-order valence-electron chi connectivity index (χ4n) is 3.46. The van der Waals surface area contributed by atoms with Crippen LogP contribution in [-0.4, -0.2) is 53.3 Å². The molecule has 3 heterocycles. The molecule has 7 nitrogen and oxygen atoms in total. The first-order valence-electron chi connectivity index (χ1n) is 9.40. The Balaban J connectivity index is 1.64. The molecular formula is C21H23N5O2. The average molecular weight is 377 g/mol. The minimum Gasteiger partial charge on any atom is -0.378 e. The van der Waals surface area contributed by atoms with E-state index in [1.54, 1.807) is 15.5 Å². The van der Waals surface area contributed by atoms with Gasteiger partial charge in [0.1, 0.15) is 0 Å². The molecule has 2 aromatic heterocycles.